The van der Waals surface area contributed by atoms with Crippen molar-refractivity contribution in [2.45, 2.75) is 31.7 Å². The van der Waals surface area contributed by atoms with Gasteiger partial charge in [-0.15, -0.1) is 0 Å². The van der Waals surface area contributed by atoms with Gasteiger partial charge in [-0.3, -0.25) is 0 Å². The van der Waals surface area contributed by atoms with Gasteiger partial charge in [-0.1, -0.05) is 0 Å². The molecular weight excluding hydrogens is 257 g/mol. The van der Waals surface area contributed by atoms with E-state index in [9.17, 15) is 22.8 Å². The molecule has 0 saturated heterocycles. The van der Waals surface area contributed by atoms with Gasteiger partial charge in [0.25, 0.3) is 0 Å². The maximum absolute atomic E-state index is 12.0. The number of nitrogens with one attached hydrogen (secondary N) is 2. The van der Waals surface area contributed by atoms with Crippen LogP contribution in [0.3, 0.4) is 0 Å². The zero-order chi connectivity index (χ0) is 14.3. The summed E-state index contributed by atoms with van der Waals surface area (Å²) in [5.41, 5.74) is 0. The quantitative estimate of drug-likeness (QED) is 0.665. The number of carbonyl (C=O) groups is 2. The van der Waals surface area contributed by atoms with E-state index in [2.05, 4.69) is 10.1 Å². The van der Waals surface area contributed by atoms with Crippen molar-refractivity contribution < 1.29 is 32.6 Å². The van der Waals surface area contributed by atoms with Crippen molar-refractivity contribution in [2.24, 2.45) is 0 Å². The Balaban J connectivity index is 4.01. The maximum Gasteiger partial charge on any atom is 0.391 e. The van der Waals surface area contributed by atoms with E-state index in [1.54, 1.807) is 0 Å². The molecule has 6 nitrogen and oxygen atoms in total. The Morgan fingerprint density at radius 1 is 1.39 bits per heavy atom. The van der Waals surface area contributed by atoms with Crippen molar-refractivity contribution in [3.05, 3.63) is 0 Å². The SMILES string of the molecule is COC(CNC(=O)NC(C)CC(F)(F)F)C(=O)O. The number of halogens is 3. The third-order valence-corrected chi connectivity index (χ3v) is 1.92. The van der Waals surface area contributed by atoms with Crippen LogP contribution in [0.4, 0.5) is 18.0 Å². The van der Waals surface area contributed by atoms with Crippen molar-refractivity contribution in [1.82, 2.24) is 10.6 Å². The molecule has 18 heavy (non-hydrogen) atoms. The number of alkyl halides is 3. The summed E-state index contributed by atoms with van der Waals surface area (Å²) in [7, 11) is 1.14. The number of carboxylic acids is 1. The Hall–Kier alpha value is -1.51. The summed E-state index contributed by atoms with van der Waals surface area (Å²) in [6.07, 6.45) is -6.77. The summed E-state index contributed by atoms with van der Waals surface area (Å²) in [6, 6.07) is -1.98. The van der Waals surface area contributed by atoms with Gasteiger partial charge < -0.3 is 20.5 Å². The van der Waals surface area contributed by atoms with Crippen molar-refractivity contribution in [2.75, 3.05) is 13.7 Å². The third kappa shape index (κ3) is 7.71. The number of amides is 2. The Bertz CT molecular complexity index is 296. The summed E-state index contributed by atoms with van der Waals surface area (Å²) in [5.74, 6) is -1.28. The first-order chi connectivity index (χ1) is 8.15. The molecule has 2 unspecified atom stereocenters. The van der Waals surface area contributed by atoms with E-state index >= 15 is 0 Å². The van der Waals surface area contributed by atoms with Gasteiger partial charge in [-0.25, -0.2) is 9.59 Å². The lowest BCUT2D eigenvalue weighted by Gasteiger charge is -2.17. The second-order valence-electron chi connectivity index (χ2n) is 3.64. The number of ether oxygens (including phenoxy) is 1. The van der Waals surface area contributed by atoms with Crippen LogP contribution >= 0.6 is 0 Å². The summed E-state index contributed by atoms with van der Waals surface area (Å²) in [5, 5.41) is 12.7. The molecule has 0 fully saturated rings. The number of hydrogen-bond acceptors (Lipinski definition) is 3. The Morgan fingerprint density at radius 3 is 2.33 bits per heavy atom. The predicted molar refractivity (Wildman–Crippen MR) is 55.1 cm³/mol. The third-order valence-electron chi connectivity index (χ3n) is 1.92. The summed E-state index contributed by atoms with van der Waals surface area (Å²) in [6.45, 7) is 0.856. The fraction of sp³-hybridized carbons (Fsp3) is 0.778. The minimum Gasteiger partial charge on any atom is -0.479 e. The fourth-order valence-electron chi connectivity index (χ4n) is 1.13. The van der Waals surface area contributed by atoms with Crippen molar-refractivity contribution in [3.8, 4) is 0 Å². The molecule has 0 spiro atoms. The molecule has 0 aliphatic carbocycles. The average Bonchev–Trinajstić information content (AvgIpc) is 2.14. The topological polar surface area (TPSA) is 87.7 Å². The Labute approximate surface area is 101 Å². The largest absolute Gasteiger partial charge is 0.479 e. The van der Waals surface area contributed by atoms with Gasteiger partial charge in [0.05, 0.1) is 13.0 Å². The van der Waals surface area contributed by atoms with Crippen LogP contribution in [-0.4, -0.2) is 49.1 Å². The molecule has 0 heterocycles. The van der Waals surface area contributed by atoms with Gasteiger partial charge in [0, 0.05) is 13.2 Å². The number of methoxy groups -OCH3 is 1. The van der Waals surface area contributed by atoms with E-state index in [4.69, 9.17) is 5.11 Å². The van der Waals surface area contributed by atoms with Crippen molar-refractivity contribution in [3.63, 3.8) is 0 Å². The molecule has 3 N–H and O–H groups in total. The highest BCUT2D eigenvalue weighted by Gasteiger charge is 2.30. The Kier molecular flexibility index (Phi) is 6.45. The molecule has 0 aromatic carbocycles. The molecule has 0 aromatic heterocycles. The minimum absolute atomic E-state index is 0.337. The van der Waals surface area contributed by atoms with E-state index in [0.29, 0.717) is 0 Å². The van der Waals surface area contributed by atoms with Crippen LogP contribution in [0.5, 0.6) is 0 Å². The molecule has 2 atom stereocenters. The highest BCUT2D eigenvalue weighted by atomic mass is 19.4. The number of urea groups is 1. The molecule has 9 heteroatoms. The number of hydrogen-bond donors (Lipinski definition) is 3. The smallest absolute Gasteiger partial charge is 0.391 e. The molecule has 0 bridgehead atoms. The van der Waals surface area contributed by atoms with Gasteiger partial charge in [-0.05, 0) is 6.92 Å². The van der Waals surface area contributed by atoms with Gasteiger partial charge in [0.1, 0.15) is 0 Å². The van der Waals surface area contributed by atoms with Crippen LogP contribution in [0, 0.1) is 0 Å². The zero-order valence-electron chi connectivity index (χ0n) is 9.87. The van der Waals surface area contributed by atoms with E-state index in [1.807, 2.05) is 5.32 Å². The molecular formula is C9H15F3N2O4. The molecule has 0 radical (unpaired) electrons. The van der Waals surface area contributed by atoms with Gasteiger partial charge in [-0.2, -0.15) is 13.2 Å². The van der Waals surface area contributed by atoms with Gasteiger partial charge >= 0.3 is 18.2 Å². The number of rotatable bonds is 6. The van der Waals surface area contributed by atoms with Crippen LogP contribution in [0.1, 0.15) is 13.3 Å². The number of carboxylic acid groups (broad SMARTS) is 1. The molecule has 106 valence electrons. The normalized spacial score (nSPS) is 14.7. The first-order valence-corrected chi connectivity index (χ1v) is 5.02. The van der Waals surface area contributed by atoms with E-state index < -0.39 is 36.7 Å². The standard InChI is InChI=1S/C9H15F3N2O4/c1-5(3-9(10,11)12)14-8(17)13-4-6(18-2)7(15)16/h5-6H,3-4H2,1-2H3,(H,15,16)(H2,13,14,17). The lowest BCUT2D eigenvalue weighted by molar-refractivity contribution is -0.148. The lowest BCUT2D eigenvalue weighted by atomic mass is 10.2. The van der Waals surface area contributed by atoms with Crippen molar-refractivity contribution in [1.29, 1.82) is 0 Å². The second-order valence-corrected chi connectivity index (χ2v) is 3.64. The fourth-order valence-corrected chi connectivity index (χ4v) is 1.13. The minimum atomic E-state index is -4.37. The average molecular weight is 272 g/mol. The van der Waals surface area contributed by atoms with Crippen LogP contribution < -0.4 is 10.6 Å². The van der Waals surface area contributed by atoms with Crippen LogP contribution in [0.25, 0.3) is 0 Å². The molecule has 0 aromatic rings. The summed E-state index contributed by atoms with van der Waals surface area (Å²) in [4.78, 5) is 21.7. The summed E-state index contributed by atoms with van der Waals surface area (Å²) >= 11 is 0. The second kappa shape index (κ2) is 7.04. The first kappa shape index (κ1) is 16.5. The highest BCUT2D eigenvalue weighted by molar-refractivity contribution is 5.77. The number of aliphatic carboxylic acids is 1. The van der Waals surface area contributed by atoms with Crippen molar-refractivity contribution >= 4 is 12.0 Å². The molecule has 0 saturated carbocycles. The van der Waals surface area contributed by atoms with Crippen LogP contribution in [-0.2, 0) is 9.53 Å². The molecule has 0 aliphatic rings. The number of carbonyl (C=O) groups excluding carboxylic acids is 1. The van der Waals surface area contributed by atoms with E-state index in [-0.39, 0.29) is 6.54 Å². The van der Waals surface area contributed by atoms with Crippen LogP contribution in [0.15, 0.2) is 0 Å². The zero-order valence-corrected chi connectivity index (χ0v) is 9.87. The van der Waals surface area contributed by atoms with E-state index in [1.165, 1.54) is 6.92 Å². The van der Waals surface area contributed by atoms with Gasteiger partial charge in [0.2, 0.25) is 0 Å². The Morgan fingerprint density at radius 2 is 1.94 bits per heavy atom. The highest BCUT2D eigenvalue weighted by Crippen LogP contribution is 2.21. The molecule has 2 amide bonds. The molecule has 0 aliphatic heterocycles. The summed E-state index contributed by atoms with van der Waals surface area (Å²) < 4.78 is 40.4. The van der Waals surface area contributed by atoms with Gasteiger partial charge in [0.15, 0.2) is 6.10 Å². The first-order valence-electron chi connectivity index (χ1n) is 5.02. The molecule has 0 rings (SSSR count). The van der Waals surface area contributed by atoms with E-state index in [0.717, 1.165) is 7.11 Å². The predicted octanol–water partition coefficient (Wildman–Crippen LogP) is 0.726. The maximum atomic E-state index is 12.0. The van der Waals surface area contributed by atoms with Crippen LogP contribution in [0.2, 0.25) is 0 Å². The lowest BCUT2D eigenvalue weighted by Crippen LogP contribution is -2.46. The monoisotopic (exact) mass is 272 g/mol.